The Bertz CT molecular complexity index is 275. The maximum atomic E-state index is 9.11. The minimum Gasteiger partial charge on any atom is -0.396 e. The fraction of sp³-hybridized carbons (Fsp3) is 0.857. The molecule has 2 aliphatic heterocycles. The summed E-state index contributed by atoms with van der Waals surface area (Å²) in [5.74, 6) is 2.98. The second-order valence-corrected chi connectivity index (χ2v) is 8.14. The molecule has 0 aliphatic carbocycles. The van der Waals surface area contributed by atoms with Crippen LogP contribution < -0.4 is 0 Å². The van der Waals surface area contributed by atoms with Crippen LogP contribution in [0.4, 0.5) is 0 Å². The zero-order valence-corrected chi connectivity index (χ0v) is 12.8. The van der Waals surface area contributed by atoms with Crippen molar-refractivity contribution in [1.29, 1.82) is 0 Å². The van der Waals surface area contributed by atoms with Crippen LogP contribution in [0.15, 0.2) is 12.2 Å². The molecule has 0 amide bonds. The second kappa shape index (κ2) is 7.22. The number of aliphatic hydroxyl groups is 1. The van der Waals surface area contributed by atoms with Gasteiger partial charge in [0, 0.05) is 12.5 Å². The highest BCUT2D eigenvalue weighted by molar-refractivity contribution is 8.17. The molecule has 1 N–H and O–H groups in total. The predicted molar refractivity (Wildman–Crippen MR) is 81.2 cm³/mol. The third-order valence-electron chi connectivity index (χ3n) is 3.82. The van der Waals surface area contributed by atoms with E-state index in [1.807, 2.05) is 0 Å². The molecule has 2 nitrogen and oxygen atoms in total. The summed E-state index contributed by atoms with van der Waals surface area (Å²) in [5, 5.41) is 9.11. The molecule has 2 saturated heterocycles. The van der Waals surface area contributed by atoms with Crippen LogP contribution in [-0.4, -0.2) is 40.0 Å². The van der Waals surface area contributed by atoms with Gasteiger partial charge in [0.25, 0.3) is 0 Å². The minimum absolute atomic E-state index is 0.167. The first-order chi connectivity index (χ1) is 8.70. The molecular formula is C14H24O2S2. The van der Waals surface area contributed by atoms with Gasteiger partial charge in [0.05, 0.1) is 16.8 Å². The van der Waals surface area contributed by atoms with Crippen LogP contribution >= 0.6 is 23.5 Å². The van der Waals surface area contributed by atoms with Gasteiger partial charge in [-0.1, -0.05) is 19.1 Å². The van der Waals surface area contributed by atoms with E-state index in [1.165, 1.54) is 23.5 Å². The van der Waals surface area contributed by atoms with Crippen LogP contribution in [0.1, 0.15) is 32.6 Å². The van der Waals surface area contributed by atoms with E-state index < -0.39 is 0 Å². The molecule has 0 aromatic rings. The van der Waals surface area contributed by atoms with E-state index in [4.69, 9.17) is 9.84 Å². The normalized spacial score (nSPS) is 34.8. The Hall–Kier alpha value is 0.360. The van der Waals surface area contributed by atoms with Crippen molar-refractivity contribution in [2.45, 2.75) is 49.4 Å². The molecule has 2 heterocycles. The lowest BCUT2D eigenvalue weighted by Crippen LogP contribution is -2.37. The Morgan fingerprint density at radius 3 is 2.78 bits per heavy atom. The lowest BCUT2D eigenvalue weighted by molar-refractivity contribution is -0.0657. The molecule has 0 bridgehead atoms. The maximum Gasteiger partial charge on any atom is 0.0663 e. The first-order valence-corrected chi connectivity index (χ1v) is 8.97. The molecule has 4 heteroatoms. The van der Waals surface area contributed by atoms with Crippen molar-refractivity contribution in [2.24, 2.45) is 5.92 Å². The Labute approximate surface area is 119 Å². The summed E-state index contributed by atoms with van der Waals surface area (Å²) < 4.78 is 6.86. The van der Waals surface area contributed by atoms with Crippen molar-refractivity contribution in [3.05, 3.63) is 12.2 Å². The van der Waals surface area contributed by atoms with E-state index in [2.05, 4.69) is 37.0 Å². The molecule has 0 unspecified atom stereocenters. The van der Waals surface area contributed by atoms with E-state index >= 15 is 0 Å². The zero-order valence-electron chi connectivity index (χ0n) is 11.1. The van der Waals surface area contributed by atoms with Crippen molar-refractivity contribution >= 4 is 23.5 Å². The van der Waals surface area contributed by atoms with Crippen molar-refractivity contribution in [2.75, 3.05) is 18.1 Å². The van der Waals surface area contributed by atoms with Gasteiger partial charge in [0.2, 0.25) is 0 Å². The Kier molecular flexibility index (Phi) is 5.93. The highest BCUT2D eigenvalue weighted by Gasteiger charge is 2.32. The molecule has 2 rings (SSSR count). The number of hydrogen-bond acceptors (Lipinski definition) is 4. The number of aliphatic hydroxyl groups excluding tert-OH is 1. The molecule has 0 aromatic carbocycles. The highest BCUT2D eigenvalue weighted by Crippen LogP contribution is 2.38. The van der Waals surface area contributed by atoms with Gasteiger partial charge < -0.3 is 9.84 Å². The lowest BCUT2D eigenvalue weighted by Gasteiger charge is -2.38. The quantitative estimate of drug-likeness (QED) is 0.804. The van der Waals surface area contributed by atoms with Gasteiger partial charge in [0.15, 0.2) is 0 Å². The average molecular weight is 288 g/mol. The Morgan fingerprint density at radius 1 is 1.39 bits per heavy atom. The fourth-order valence-electron chi connectivity index (χ4n) is 2.63. The first kappa shape index (κ1) is 14.8. The molecular weight excluding hydrogens is 264 g/mol. The second-order valence-electron chi connectivity index (χ2n) is 5.22. The van der Waals surface area contributed by atoms with Crippen molar-refractivity contribution in [3.63, 3.8) is 0 Å². The summed E-state index contributed by atoms with van der Waals surface area (Å²) in [6.45, 7) is 6.58. The van der Waals surface area contributed by atoms with Gasteiger partial charge in [-0.25, -0.2) is 0 Å². The molecule has 3 atom stereocenters. The van der Waals surface area contributed by atoms with Gasteiger partial charge in [-0.15, -0.1) is 23.5 Å². The maximum absolute atomic E-state index is 9.11. The summed E-state index contributed by atoms with van der Waals surface area (Å²) in [6, 6.07) is 0. The smallest absolute Gasteiger partial charge is 0.0663 e. The van der Waals surface area contributed by atoms with E-state index in [0.717, 1.165) is 19.3 Å². The standard InChI is InChI=1S/C14H24O2S2/c1-10-8-12(9-14-17-6-3-7-18-14)16-13(4-5-15)11(10)2/h11-15H,1,3-9H2,2H3/t11-,12-,13-/m0/s1. The predicted octanol–water partition coefficient (Wildman–Crippen LogP) is 3.30. The van der Waals surface area contributed by atoms with Crippen LogP contribution in [0.5, 0.6) is 0 Å². The van der Waals surface area contributed by atoms with Crippen LogP contribution in [0.2, 0.25) is 0 Å². The summed E-state index contributed by atoms with van der Waals surface area (Å²) in [4.78, 5) is 0. The van der Waals surface area contributed by atoms with Crippen LogP contribution in [0, 0.1) is 5.92 Å². The monoisotopic (exact) mass is 288 g/mol. The highest BCUT2D eigenvalue weighted by atomic mass is 32.2. The summed E-state index contributed by atoms with van der Waals surface area (Å²) in [5.41, 5.74) is 1.30. The minimum atomic E-state index is 0.167. The van der Waals surface area contributed by atoms with Crippen molar-refractivity contribution < 1.29 is 9.84 Å². The number of ether oxygens (including phenoxy) is 1. The summed E-state index contributed by atoms with van der Waals surface area (Å²) in [7, 11) is 0. The Balaban J connectivity index is 1.86. The van der Waals surface area contributed by atoms with Crippen molar-refractivity contribution in [3.8, 4) is 0 Å². The third kappa shape index (κ3) is 3.92. The van der Waals surface area contributed by atoms with E-state index in [9.17, 15) is 0 Å². The molecule has 18 heavy (non-hydrogen) atoms. The number of rotatable bonds is 4. The largest absolute Gasteiger partial charge is 0.396 e. The van der Waals surface area contributed by atoms with Gasteiger partial charge in [-0.2, -0.15) is 0 Å². The van der Waals surface area contributed by atoms with E-state index in [-0.39, 0.29) is 12.7 Å². The van der Waals surface area contributed by atoms with Gasteiger partial charge in [-0.3, -0.25) is 0 Å². The molecule has 2 fully saturated rings. The number of thioether (sulfide) groups is 2. The van der Waals surface area contributed by atoms with Crippen molar-refractivity contribution in [1.82, 2.24) is 0 Å². The SMILES string of the molecule is C=C1C[C@@H](CC2SCCCS2)O[C@@H](CCO)[C@H]1C. The van der Waals surface area contributed by atoms with Gasteiger partial charge >= 0.3 is 0 Å². The first-order valence-electron chi connectivity index (χ1n) is 6.88. The molecule has 104 valence electrons. The molecule has 0 aromatic heterocycles. The van der Waals surface area contributed by atoms with E-state index in [1.54, 1.807) is 0 Å². The molecule has 0 saturated carbocycles. The average Bonchev–Trinajstić information content (AvgIpc) is 2.37. The third-order valence-corrected chi connectivity index (χ3v) is 6.82. The van der Waals surface area contributed by atoms with Crippen LogP contribution in [0.3, 0.4) is 0 Å². The van der Waals surface area contributed by atoms with E-state index in [0.29, 0.717) is 16.6 Å². The molecule has 2 aliphatic rings. The van der Waals surface area contributed by atoms with Crippen LogP contribution in [0.25, 0.3) is 0 Å². The van der Waals surface area contributed by atoms with Gasteiger partial charge in [-0.05, 0) is 37.2 Å². The van der Waals surface area contributed by atoms with Crippen LogP contribution in [-0.2, 0) is 4.74 Å². The molecule has 0 spiro atoms. The fourth-order valence-corrected chi connectivity index (χ4v) is 5.62. The summed E-state index contributed by atoms with van der Waals surface area (Å²) in [6.07, 6.45) is 4.69. The summed E-state index contributed by atoms with van der Waals surface area (Å²) >= 11 is 4.15. The topological polar surface area (TPSA) is 29.5 Å². The Morgan fingerprint density at radius 2 is 2.11 bits per heavy atom. The van der Waals surface area contributed by atoms with Gasteiger partial charge in [0.1, 0.15) is 0 Å². The number of hydrogen-bond donors (Lipinski definition) is 1. The lowest BCUT2D eigenvalue weighted by atomic mass is 9.87. The zero-order chi connectivity index (χ0) is 13.0. The molecule has 0 radical (unpaired) electrons.